The van der Waals surface area contributed by atoms with Gasteiger partial charge in [-0.1, -0.05) is 19.1 Å². The summed E-state index contributed by atoms with van der Waals surface area (Å²) in [7, 11) is -1.95. The number of hydrogen-bond donors (Lipinski definition) is 0. The van der Waals surface area contributed by atoms with E-state index in [1.807, 2.05) is 4.90 Å². The molecular weight excluding hydrogens is 328 g/mol. The van der Waals surface area contributed by atoms with Crippen molar-refractivity contribution >= 4 is 21.8 Å². The maximum atomic E-state index is 12.5. The molecular formula is C16H22N4O3S. The lowest BCUT2D eigenvalue weighted by Crippen LogP contribution is -2.51. The van der Waals surface area contributed by atoms with E-state index in [1.54, 1.807) is 36.2 Å². The van der Waals surface area contributed by atoms with Crippen LogP contribution in [0.25, 0.3) is 0 Å². The number of amidine groups is 1. The molecule has 0 bridgehead atoms. The first-order valence-corrected chi connectivity index (χ1v) is 9.52. The van der Waals surface area contributed by atoms with Crippen LogP contribution in [0.2, 0.25) is 0 Å². The molecule has 1 aromatic carbocycles. The van der Waals surface area contributed by atoms with Gasteiger partial charge >= 0.3 is 0 Å². The van der Waals surface area contributed by atoms with E-state index in [0.29, 0.717) is 24.5 Å². The van der Waals surface area contributed by atoms with Gasteiger partial charge in [-0.2, -0.15) is 8.42 Å². The fraction of sp³-hybridized carbons (Fsp3) is 0.500. The van der Waals surface area contributed by atoms with Crippen LogP contribution in [0, 0.1) is 0 Å². The lowest BCUT2D eigenvalue weighted by Gasteiger charge is -2.35. The van der Waals surface area contributed by atoms with Gasteiger partial charge in [0, 0.05) is 38.8 Å². The third kappa shape index (κ3) is 3.16. The molecule has 130 valence electrons. The van der Waals surface area contributed by atoms with Crippen molar-refractivity contribution in [2.24, 2.45) is 4.40 Å². The first kappa shape index (κ1) is 16.9. The van der Waals surface area contributed by atoms with Gasteiger partial charge in [0.25, 0.3) is 10.0 Å². The number of fused-ring (bicyclic) bond motifs is 1. The van der Waals surface area contributed by atoms with E-state index in [1.165, 1.54) is 0 Å². The van der Waals surface area contributed by atoms with Crippen molar-refractivity contribution in [2.45, 2.75) is 11.8 Å². The summed E-state index contributed by atoms with van der Waals surface area (Å²) in [6.07, 6.45) is 0. The molecule has 2 aliphatic rings. The fourth-order valence-electron chi connectivity index (χ4n) is 3.06. The number of nitrogens with zero attached hydrogens (tertiary/aromatic N) is 4. The van der Waals surface area contributed by atoms with E-state index >= 15 is 0 Å². The molecule has 0 spiro atoms. The zero-order valence-corrected chi connectivity index (χ0v) is 14.8. The topological polar surface area (TPSA) is 73.3 Å². The van der Waals surface area contributed by atoms with Crippen molar-refractivity contribution in [2.75, 3.05) is 46.3 Å². The predicted octanol–water partition coefficient (Wildman–Crippen LogP) is 0.231. The van der Waals surface area contributed by atoms with Crippen LogP contribution in [-0.2, 0) is 14.8 Å². The van der Waals surface area contributed by atoms with Crippen molar-refractivity contribution < 1.29 is 13.2 Å². The maximum absolute atomic E-state index is 12.5. The highest BCUT2D eigenvalue weighted by Crippen LogP contribution is 2.26. The van der Waals surface area contributed by atoms with E-state index < -0.39 is 10.0 Å². The quantitative estimate of drug-likeness (QED) is 0.780. The molecule has 7 nitrogen and oxygen atoms in total. The lowest BCUT2D eigenvalue weighted by atomic mass is 10.2. The average molecular weight is 350 g/mol. The van der Waals surface area contributed by atoms with Crippen molar-refractivity contribution in [1.82, 2.24) is 14.7 Å². The van der Waals surface area contributed by atoms with Crippen molar-refractivity contribution in [3.05, 3.63) is 29.8 Å². The minimum Gasteiger partial charge on any atom is -0.349 e. The highest BCUT2D eigenvalue weighted by Gasteiger charge is 2.31. The Labute approximate surface area is 142 Å². The summed E-state index contributed by atoms with van der Waals surface area (Å²) < 4.78 is 28.1. The second kappa shape index (κ2) is 6.52. The monoisotopic (exact) mass is 350 g/mol. The van der Waals surface area contributed by atoms with Crippen LogP contribution in [0.4, 0.5) is 0 Å². The molecule has 3 rings (SSSR count). The third-order valence-corrected chi connectivity index (χ3v) is 5.84. The molecule has 0 N–H and O–H groups in total. The minimum absolute atomic E-state index is 0.00210. The molecule has 1 fully saturated rings. The van der Waals surface area contributed by atoms with Gasteiger partial charge in [0.2, 0.25) is 5.91 Å². The third-order valence-electron chi connectivity index (χ3n) is 4.52. The van der Waals surface area contributed by atoms with Gasteiger partial charge in [-0.15, -0.1) is 4.40 Å². The van der Waals surface area contributed by atoms with E-state index in [0.717, 1.165) is 19.6 Å². The van der Waals surface area contributed by atoms with Gasteiger partial charge in [-0.25, -0.2) is 0 Å². The number of piperazine rings is 1. The van der Waals surface area contributed by atoms with Crippen molar-refractivity contribution in [3.8, 4) is 0 Å². The van der Waals surface area contributed by atoms with Gasteiger partial charge < -0.3 is 14.7 Å². The molecule has 1 aromatic rings. The molecule has 8 heteroatoms. The Morgan fingerprint density at radius 3 is 2.54 bits per heavy atom. The van der Waals surface area contributed by atoms with Crippen molar-refractivity contribution in [3.63, 3.8) is 0 Å². The summed E-state index contributed by atoms with van der Waals surface area (Å²) in [4.78, 5) is 18.5. The second-order valence-corrected chi connectivity index (χ2v) is 7.63. The van der Waals surface area contributed by atoms with Crippen molar-refractivity contribution in [1.29, 1.82) is 0 Å². The van der Waals surface area contributed by atoms with E-state index in [2.05, 4.69) is 16.2 Å². The number of amides is 1. The standard InChI is InChI=1S/C16H22N4O3S/c1-3-19-8-10-20(11-9-19)15(21)12-18(2)16-13-6-4-5-7-14(13)24(22,23)17-16/h4-7H,3,8-12H2,1-2H3. The molecule has 0 aromatic heterocycles. The largest absolute Gasteiger partial charge is 0.349 e. The van der Waals surface area contributed by atoms with Crippen LogP contribution in [0.3, 0.4) is 0 Å². The molecule has 24 heavy (non-hydrogen) atoms. The Hall–Kier alpha value is -1.93. The Bertz CT molecular complexity index is 767. The van der Waals surface area contributed by atoms with E-state index in [-0.39, 0.29) is 17.3 Å². The van der Waals surface area contributed by atoms with Crippen LogP contribution < -0.4 is 0 Å². The summed E-state index contributed by atoms with van der Waals surface area (Å²) >= 11 is 0. The number of carbonyl (C=O) groups is 1. The SMILES string of the molecule is CCN1CCN(C(=O)CN(C)C2=NS(=O)(=O)c3ccccc32)CC1. The van der Waals surface area contributed by atoms with Gasteiger partial charge in [-0.05, 0) is 18.7 Å². The summed E-state index contributed by atoms with van der Waals surface area (Å²) in [6.45, 7) is 6.40. The normalized spacial score (nSPS) is 19.8. The molecule has 1 amide bonds. The zero-order chi connectivity index (χ0) is 17.3. The zero-order valence-electron chi connectivity index (χ0n) is 14.0. The second-order valence-electron chi connectivity index (χ2n) is 6.06. The Morgan fingerprint density at radius 2 is 1.88 bits per heavy atom. The van der Waals surface area contributed by atoms with Gasteiger partial charge in [0.1, 0.15) is 4.90 Å². The highest BCUT2D eigenvalue weighted by molar-refractivity contribution is 7.90. The van der Waals surface area contributed by atoms with E-state index in [9.17, 15) is 13.2 Å². The number of hydrogen-bond acceptors (Lipinski definition) is 5. The van der Waals surface area contributed by atoms with E-state index in [4.69, 9.17) is 0 Å². The first-order valence-electron chi connectivity index (χ1n) is 8.08. The van der Waals surface area contributed by atoms with Crippen LogP contribution >= 0.6 is 0 Å². The molecule has 0 unspecified atom stereocenters. The summed E-state index contributed by atoms with van der Waals surface area (Å²) in [5.41, 5.74) is 0.559. The molecule has 0 saturated carbocycles. The molecule has 2 aliphatic heterocycles. The average Bonchev–Trinajstić information content (AvgIpc) is 2.87. The number of benzene rings is 1. The number of rotatable bonds is 3. The Kier molecular flexibility index (Phi) is 4.60. The Balaban J connectivity index is 1.70. The number of sulfonamides is 1. The van der Waals surface area contributed by atoms with Crippen LogP contribution in [-0.4, -0.2) is 81.2 Å². The van der Waals surface area contributed by atoms with Crippen LogP contribution in [0.5, 0.6) is 0 Å². The lowest BCUT2D eigenvalue weighted by molar-refractivity contribution is -0.133. The number of likely N-dealkylation sites (N-methyl/N-ethyl adjacent to an activating group) is 2. The first-order chi connectivity index (χ1) is 11.4. The van der Waals surface area contributed by atoms with Crippen LogP contribution in [0.15, 0.2) is 33.6 Å². The number of carbonyl (C=O) groups excluding carboxylic acids is 1. The molecule has 0 atom stereocenters. The fourth-order valence-corrected chi connectivity index (χ4v) is 4.31. The highest BCUT2D eigenvalue weighted by atomic mass is 32.2. The summed E-state index contributed by atoms with van der Waals surface area (Å²) in [6, 6.07) is 6.71. The maximum Gasteiger partial charge on any atom is 0.285 e. The smallest absolute Gasteiger partial charge is 0.285 e. The van der Waals surface area contributed by atoms with Gasteiger partial charge in [0.15, 0.2) is 5.84 Å². The van der Waals surface area contributed by atoms with Crippen LogP contribution in [0.1, 0.15) is 12.5 Å². The van der Waals surface area contributed by atoms with Gasteiger partial charge in [0.05, 0.1) is 6.54 Å². The van der Waals surface area contributed by atoms with Gasteiger partial charge in [-0.3, -0.25) is 4.79 Å². The molecule has 1 saturated heterocycles. The summed E-state index contributed by atoms with van der Waals surface area (Å²) in [5, 5.41) is 0. The molecule has 0 aliphatic carbocycles. The summed E-state index contributed by atoms with van der Waals surface area (Å²) in [5.74, 6) is 0.337. The predicted molar refractivity (Wildman–Crippen MR) is 91.5 cm³/mol. The minimum atomic E-state index is -3.66. The molecule has 2 heterocycles. The Morgan fingerprint density at radius 1 is 1.21 bits per heavy atom. The molecule has 0 radical (unpaired) electrons.